The van der Waals surface area contributed by atoms with Crippen molar-refractivity contribution in [3.05, 3.63) is 34.9 Å². The van der Waals surface area contributed by atoms with Crippen LogP contribution in [0.4, 0.5) is 0 Å². The minimum Gasteiger partial charge on any atom is -0.462 e. The van der Waals surface area contributed by atoms with Gasteiger partial charge in [0.15, 0.2) is 0 Å². The molecule has 1 heterocycles. The predicted molar refractivity (Wildman–Crippen MR) is 88.9 cm³/mol. The summed E-state index contributed by atoms with van der Waals surface area (Å²) in [6.07, 6.45) is 4.99. The van der Waals surface area contributed by atoms with E-state index in [0.29, 0.717) is 23.3 Å². The summed E-state index contributed by atoms with van der Waals surface area (Å²) in [6, 6.07) is 4.63. The van der Waals surface area contributed by atoms with Crippen LogP contribution in [0.1, 0.15) is 77.0 Å². The van der Waals surface area contributed by atoms with Crippen LogP contribution >= 0.6 is 0 Å². The summed E-state index contributed by atoms with van der Waals surface area (Å²) in [5.74, 6) is -0.722. The fraction of sp³-hybridized carbons (Fsp3) is 0.526. The first-order chi connectivity index (χ1) is 11.5. The normalized spacial score (nSPS) is 18.2. The van der Waals surface area contributed by atoms with Gasteiger partial charge in [0.2, 0.25) is 0 Å². The quantitative estimate of drug-likeness (QED) is 0.627. The van der Waals surface area contributed by atoms with E-state index in [1.165, 1.54) is 11.0 Å². The van der Waals surface area contributed by atoms with Crippen molar-refractivity contribution < 1.29 is 19.1 Å². The molecule has 0 N–H and O–H groups in total. The highest BCUT2D eigenvalue weighted by molar-refractivity contribution is 6.22. The molecule has 1 aliphatic carbocycles. The number of amides is 2. The van der Waals surface area contributed by atoms with E-state index in [9.17, 15) is 14.4 Å². The van der Waals surface area contributed by atoms with Gasteiger partial charge in [0.25, 0.3) is 11.8 Å². The molecule has 0 atom stereocenters. The lowest BCUT2D eigenvalue weighted by atomic mass is 9.94. The van der Waals surface area contributed by atoms with Crippen LogP contribution in [-0.4, -0.2) is 35.3 Å². The van der Waals surface area contributed by atoms with Gasteiger partial charge >= 0.3 is 5.97 Å². The van der Waals surface area contributed by atoms with E-state index in [2.05, 4.69) is 0 Å². The molecule has 5 nitrogen and oxygen atoms in total. The molecule has 128 valence electrons. The van der Waals surface area contributed by atoms with Crippen LogP contribution in [-0.2, 0) is 4.74 Å². The highest BCUT2D eigenvalue weighted by Gasteiger charge is 2.40. The van der Waals surface area contributed by atoms with Crippen LogP contribution in [0.5, 0.6) is 0 Å². The van der Waals surface area contributed by atoms with Gasteiger partial charge in [-0.15, -0.1) is 0 Å². The van der Waals surface area contributed by atoms with Gasteiger partial charge in [-0.2, -0.15) is 0 Å². The number of carbonyl (C=O) groups excluding carboxylic acids is 3. The molecule has 2 aliphatic rings. The molecule has 0 radical (unpaired) electrons. The number of benzene rings is 1. The second kappa shape index (κ2) is 6.75. The number of esters is 1. The minimum atomic E-state index is -0.456. The third-order valence-electron chi connectivity index (χ3n) is 4.64. The average molecular weight is 329 g/mol. The maximum Gasteiger partial charge on any atom is 0.338 e. The molecule has 5 heteroatoms. The molecule has 0 spiro atoms. The van der Waals surface area contributed by atoms with Crippen molar-refractivity contribution in [2.24, 2.45) is 5.92 Å². The number of fused-ring (bicyclic) bond motifs is 1. The molecular formula is C19H23NO4. The summed E-state index contributed by atoms with van der Waals surface area (Å²) in [5.41, 5.74) is 1.04. The zero-order valence-corrected chi connectivity index (χ0v) is 14.2. The Balaban J connectivity index is 1.82. The highest BCUT2D eigenvalue weighted by atomic mass is 16.5. The first-order valence-corrected chi connectivity index (χ1v) is 8.68. The Hall–Kier alpha value is -2.17. The molecule has 0 bridgehead atoms. The molecule has 24 heavy (non-hydrogen) atoms. The zero-order valence-electron chi connectivity index (χ0n) is 14.2. The maximum absolute atomic E-state index is 12.7. The van der Waals surface area contributed by atoms with E-state index in [1.54, 1.807) is 12.1 Å². The molecule has 1 aliphatic heterocycles. The molecule has 1 aromatic carbocycles. The zero-order chi connectivity index (χ0) is 17.3. The lowest BCUT2D eigenvalue weighted by Crippen LogP contribution is -2.40. The van der Waals surface area contributed by atoms with Gasteiger partial charge in [0, 0.05) is 6.04 Å². The Labute approximate surface area is 142 Å². The lowest BCUT2D eigenvalue weighted by Gasteiger charge is -2.29. The standard InChI is InChI=1S/C19H23NO4/c1-12(2)11-24-19(23)13-8-9-15-16(10-13)18(22)20(17(15)21)14-6-4-3-5-7-14/h8-10,12,14H,3-7,11H2,1-2H3. The number of nitrogens with zero attached hydrogens (tertiary/aromatic N) is 1. The molecular weight excluding hydrogens is 306 g/mol. The SMILES string of the molecule is CC(C)COC(=O)c1ccc2c(c1)C(=O)N(C1CCCCC1)C2=O. The van der Waals surface area contributed by atoms with Crippen molar-refractivity contribution in [3.8, 4) is 0 Å². The van der Waals surface area contributed by atoms with Gasteiger partial charge < -0.3 is 4.74 Å². The minimum absolute atomic E-state index is 0.0116. The largest absolute Gasteiger partial charge is 0.462 e. The Morgan fingerprint density at radius 3 is 2.46 bits per heavy atom. The van der Waals surface area contributed by atoms with Crippen molar-refractivity contribution in [2.75, 3.05) is 6.61 Å². The fourth-order valence-corrected chi connectivity index (χ4v) is 3.38. The van der Waals surface area contributed by atoms with Gasteiger partial charge in [0.05, 0.1) is 23.3 Å². The van der Waals surface area contributed by atoms with Crippen molar-refractivity contribution in [1.29, 1.82) is 0 Å². The van der Waals surface area contributed by atoms with E-state index in [-0.39, 0.29) is 23.8 Å². The van der Waals surface area contributed by atoms with Crippen LogP contribution in [0.15, 0.2) is 18.2 Å². The van der Waals surface area contributed by atoms with E-state index < -0.39 is 5.97 Å². The lowest BCUT2D eigenvalue weighted by molar-refractivity contribution is 0.0458. The summed E-state index contributed by atoms with van der Waals surface area (Å²) < 4.78 is 5.21. The molecule has 1 aromatic rings. The van der Waals surface area contributed by atoms with Gasteiger partial charge in [0.1, 0.15) is 0 Å². The van der Waals surface area contributed by atoms with E-state index in [0.717, 1.165) is 32.1 Å². The van der Waals surface area contributed by atoms with Gasteiger partial charge in [-0.05, 0) is 37.0 Å². The number of ether oxygens (including phenoxy) is 1. The van der Waals surface area contributed by atoms with E-state index >= 15 is 0 Å². The van der Waals surface area contributed by atoms with Crippen molar-refractivity contribution in [2.45, 2.75) is 52.0 Å². The molecule has 2 amide bonds. The van der Waals surface area contributed by atoms with Gasteiger partial charge in [-0.3, -0.25) is 14.5 Å². The second-order valence-corrected chi connectivity index (χ2v) is 7.02. The summed E-state index contributed by atoms with van der Waals surface area (Å²) in [7, 11) is 0. The molecule has 1 saturated carbocycles. The third-order valence-corrected chi connectivity index (χ3v) is 4.64. The number of imide groups is 1. The smallest absolute Gasteiger partial charge is 0.338 e. The number of hydrogen-bond acceptors (Lipinski definition) is 4. The first kappa shape index (κ1) is 16.7. The summed E-state index contributed by atoms with van der Waals surface area (Å²) in [4.78, 5) is 38.8. The Bertz CT molecular complexity index is 674. The maximum atomic E-state index is 12.7. The molecule has 0 aromatic heterocycles. The average Bonchev–Trinajstić information content (AvgIpc) is 2.84. The van der Waals surface area contributed by atoms with E-state index in [1.807, 2.05) is 13.8 Å². The van der Waals surface area contributed by atoms with Crippen LogP contribution in [0.3, 0.4) is 0 Å². The monoisotopic (exact) mass is 329 g/mol. The molecule has 0 unspecified atom stereocenters. The topological polar surface area (TPSA) is 63.7 Å². The summed E-state index contributed by atoms with van der Waals surface area (Å²) >= 11 is 0. The highest BCUT2D eigenvalue weighted by Crippen LogP contribution is 2.31. The number of carbonyl (C=O) groups is 3. The van der Waals surface area contributed by atoms with Crippen LogP contribution < -0.4 is 0 Å². The van der Waals surface area contributed by atoms with Crippen LogP contribution in [0.25, 0.3) is 0 Å². The fourth-order valence-electron chi connectivity index (χ4n) is 3.38. The van der Waals surface area contributed by atoms with Crippen LogP contribution in [0.2, 0.25) is 0 Å². The van der Waals surface area contributed by atoms with Crippen molar-refractivity contribution >= 4 is 17.8 Å². The van der Waals surface area contributed by atoms with Crippen molar-refractivity contribution in [3.63, 3.8) is 0 Å². The first-order valence-electron chi connectivity index (χ1n) is 8.68. The Morgan fingerprint density at radius 1 is 1.12 bits per heavy atom. The Kier molecular flexibility index (Phi) is 4.69. The summed E-state index contributed by atoms with van der Waals surface area (Å²) in [5, 5.41) is 0. The van der Waals surface area contributed by atoms with Crippen molar-refractivity contribution in [1.82, 2.24) is 4.90 Å². The Morgan fingerprint density at radius 2 is 1.79 bits per heavy atom. The van der Waals surface area contributed by atoms with E-state index in [4.69, 9.17) is 4.74 Å². The molecule has 0 saturated heterocycles. The predicted octanol–water partition coefficient (Wildman–Crippen LogP) is 3.43. The number of hydrogen-bond donors (Lipinski definition) is 0. The van der Waals surface area contributed by atoms with Gasteiger partial charge in [-0.25, -0.2) is 4.79 Å². The summed E-state index contributed by atoms with van der Waals surface area (Å²) in [6.45, 7) is 4.25. The van der Waals surface area contributed by atoms with Gasteiger partial charge in [-0.1, -0.05) is 33.1 Å². The number of rotatable bonds is 4. The second-order valence-electron chi connectivity index (χ2n) is 7.02. The van der Waals surface area contributed by atoms with Crippen LogP contribution in [0, 0.1) is 5.92 Å². The molecule has 3 rings (SSSR count). The third kappa shape index (κ3) is 3.07. The molecule has 1 fully saturated rings.